The van der Waals surface area contributed by atoms with Gasteiger partial charge in [0.2, 0.25) is 0 Å². The first-order valence-electron chi connectivity index (χ1n) is 3.92. The van der Waals surface area contributed by atoms with Crippen molar-refractivity contribution < 1.29 is 4.39 Å². The van der Waals surface area contributed by atoms with Crippen molar-refractivity contribution in [1.82, 2.24) is 0 Å². The Balaban J connectivity index is 2.80. The van der Waals surface area contributed by atoms with Gasteiger partial charge in [-0.15, -0.1) is 4.39 Å². The Bertz CT molecular complexity index is 484. The second-order valence-corrected chi connectivity index (χ2v) is 2.68. The fourth-order valence-corrected chi connectivity index (χ4v) is 1.32. The molecule has 0 saturated heterocycles. The molecule has 0 bridgehead atoms. The molecule has 0 nitrogen and oxygen atoms in total. The van der Waals surface area contributed by atoms with Gasteiger partial charge in [0.25, 0.3) is 0 Å². The third-order valence-corrected chi connectivity index (χ3v) is 1.90. The summed E-state index contributed by atoms with van der Waals surface area (Å²) >= 11 is 0. The van der Waals surface area contributed by atoms with Crippen LogP contribution in [-0.4, -0.2) is 0 Å². The van der Waals surface area contributed by atoms with Crippen molar-refractivity contribution in [2.45, 2.75) is 0 Å². The quantitative estimate of drug-likeness (QED) is 0.532. The van der Waals surface area contributed by atoms with Crippen molar-refractivity contribution in [2.75, 3.05) is 0 Å². The van der Waals surface area contributed by atoms with Crippen molar-refractivity contribution in [3.05, 3.63) is 48.0 Å². The Morgan fingerprint density at radius 1 is 1.15 bits per heavy atom. The molecule has 1 heteroatoms. The minimum Gasteiger partial charge on any atom is -0.144 e. The summed E-state index contributed by atoms with van der Waals surface area (Å²) in [6.07, 6.45) is 1.41. The highest BCUT2D eigenvalue weighted by molar-refractivity contribution is 5.87. The first-order valence-corrected chi connectivity index (χ1v) is 3.92. The normalized spacial score (nSPS) is 9.31. The summed E-state index contributed by atoms with van der Waals surface area (Å²) in [5.74, 6) is 2.40. The van der Waals surface area contributed by atoms with Crippen LogP contribution < -0.4 is 0 Å². The van der Waals surface area contributed by atoms with E-state index < -0.39 is 0 Å². The lowest BCUT2D eigenvalue weighted by Crippen LogP contribution is -1.78. The van der Waals surface area contributed by atoms with E-state index in [1.165, 1.54) is 6.17 Å². The Morgan fingerprint density at radius 2 is 2.00 bits per heavy atom. The molecule has 0 fully saturated rings. The maximum Gasteiger partial charge on any atom is 0.111 e. The molecule has 0 aliphatic carbocycles. The maximum absolute atomic E-state index is 11.8. The van der Waals surface area contributed by atoms with E-state index in [0.717, 1.165) is 10.8 Å². The molecule has 2 aromatic rings. The predicted molar refractivity (Wildman–Crippen MR) is 50.8 cm³/mol. The third kappa shape index (κ3) is 1.39. The highest BCUT2D eigenvalue weighted by Gasteiger charge is 1.95. The zero-order chi connectivity index (χ0) is 9.10. The lowest BCUT2D eigenvalue weighted by atomic mass is 10.1. The third-order valence-electron chi connectivity index (χ3n) is 1.90. The molecule has 0 amide bonds. The van der Waals surface area contributed by atoms with Gasteiger partial charge in [0.1, 0.15) is 6.17 Å². The van der Waals surface area contributed by atoms with Gasteiger partial charge in [-0.3, -0.25) is 0 Å². The van der Waals surface area contributed by atoms with Crippen molar-refractivity contribution in [3.8, 4) is 12.1 Å². The molecular weight excluding hydrogens is 163 g/mol. The molecule has 0 aliphatic heterocycles. The SMILES string of the molecule is FC#Cc1c[c]cc2ccccc12. The van der Waals surface area contributed by atoms with Gasteiger partial charge >= 0.3 is 0 Å². The summed E-state index contributed by atoms with van der Waals surface area (Å²) in [7, 11) is 0. The molecule has 2 aromatic carbocycles. The van der Waals surface area contributed by atoms with E-state index >= 15 is 0 Å². The van der Waals surface area contributed by atoms with Crippen LogP contribution in [0.3, 0.4) is 0 Å². The van der Waals surface area contributed by atoms with Crippen LogP contribution in [0.25, 0.3) is 10.8 Å². The smallest absolute Gasteiger partial charge is 0.111 e. The Labute approximate surface area is 76.0 Å². The van der Waals surface area contributed by atoms with Gasteiger partial charge in [0, 0.05) is 5.56 Å². The molecule has 0 spiro atoms. The van der Waals surface area contributed by atoms with E-state index in [2.05, 4.69) is 12.0 Å². The molecule has 0 aliphatic rings. The molecule has 13 heavy (non-hydrogen) atoms. The molecule has 0 heterocycles. The van der Waals surface area contributed by atoms with Crippen LogP contribution in [0.5, 0.6) is 0 Å². The largest absolute Gasteiger partial charge is 0.144 e. The van der Waals surface area contributed by atoms with Crippen molar-refractivity contribution in [3.63, 3.8) is 0 Å². The summed E-state index contributed by atoms with van der Waals surface area (Å²) in [5.41, 5.74) is 0.681. The number of benzene rings is 2. The van der Waals surface area contributed by atoms with Gasteiger partial charge in [-0.05, 0) is 34.9 Å². The Morgan fingerprint density at radius 3 is 2.85 bits per heavy atom. The van der Waals surface area contributed by atoms with Gasteiger partial charge < -0.3 is 0 Å². The second-order valence-electron chi connectivity index (χ2n) is 2.68. The zero-order valence-electron chi connectivity index (χ0n) is 6.84. The van der Waals surface area contributed by atoms with Crippen LogP contribution in [-0.2, 0) is 0 Å². The zero-order valence-corrected chi connectivity index (χ0v) is 6.84. The molecule has 61 valence electrons. The van der Waals surface area contributed by atoms with Crippen molar-refractivity contribution in [1.29, 1.82) is 0 Å². The van der Waals surface area contributed by atoms with Gasteiger partial charge in [0.05, 0.1) is 0 Å². The Kier molecular flexibility index (Phi) is 1.97. The van der Waals surface area contributed by atoms with Crippen LogP contribution in [0, 0.1) is 18.2 Å². The molecule has 2 rings (SSSR count). The van der Waals surface area contributed by atoms with Crippen LogP contribution in [0.2, 0.25) is 0 Å². The number of fused-ring (bicyclic) bond motifs is 1. The topological polar surface area (TPSA) is 0 Å². The van der Waals surface area contributed by atoms with E-state index in [4.69, 9.17) is 0 Å². The maximum atomic E-state index is 11.8. The summed E-state index contributed by atoms with van der Waals surface area (Å²) in [6.45, 7) is 0. The second kappa shape index (κ2) is 3.28. The van der Waals surface area contributed by atoms with Gasteiger partial charge in [-0.1, -0.05) is 24.3 Å². The van der Waals surface area contributed by atoms with E-state index in [1.54, 1.807) is 6.07 Å². The van der Waals surface area contributed by atoms with E-state index in [-0.39, 0.29) is 0 Å². The van der Waals surface area contributed by atoms with E-state index in [1.807, 2.05) is 30.3 Å². The van der Waals surface area contributed by atoms with Crippen LogP contribution in [0.15, 0.2) is 36.4 Å². The number of hydrogen-bond donors (Lipinski definition) is 0. The number of halogens is 1. The molecule has 0 aromatic heterocycles. The average Bonchev–Trinajstić information content (AvgIpc) is 2.19. The van der Waals surface area contributed by atoms with Crippen molar-refractivity contribution >= 4 is 10.8 Å². The standard InChI is InChI=1S/C12H6F/c13-9-8-11-6-3-5-10-4-1-2-7-12(10)11/h1-2,4-7H. The van der Waals surface area contributed by atoms with Crippen LogP contribution >= 0.6 is 0 Å². The van der Waals surface area contributed by atoms with E-state index in [0.29, 0.717) is 5.56 Å². The lowest BCUT2D eigenvalue weighted by molar-refractivity contribution is 0.774. The fraction of sp³-hybridized carbons (Fsp3) is 0. The van der Waals surface area contributed by atoms with Gasteiger partial charge in [-0.25, -0.2) is 0 Å². The predicted octanol–water partition coefficient (Wildman–Crippen LogP) is 2.92. The first-order chi connectivity index (χ1) is 6.42. The van der Waals surface area contributed by atoms with Crippen LogP contribution in [0.1, 0.15) is 5.56 Å². The summed E-state index contributed by atoms with van der Waals surface area (Å²) in [4.78, 5) is 0. The molecule has 0 atom stereocenters. The highest BCUT2D eigenvalue weighted by atomic mass is 19.1. The van der Waals surface area contributed by atoms with Gasteiger partial charge in [-0.2, -0.15) is 0 Å². The number of rotatable bonds is 0. The molecule has 0 saturated carbocycles. The van der Waals surface area contributed by atoms with Gasteiger partial charge in [0.15, 0.2) is 0 Å². The summed E-state index contributed by atoms with van der Waals surface area (Å²) in [6, 6.07) is 14.2. The Hall–Kier alpha value is -1.81. The fourth-order valence-electron chi connectivity index (χ4n) is 1.32. The molecular formula is C12H6F. The highest BCUT2D eigenvalue weighted by Crippen LogP contribution is 2.16. The van der Waals surface area contributed by atoms with Crippen LogP contribution in [0.4, 0.5) is 4.39 Å². The minimum atomic E-state index is 0.681. The molecule has 0 unspecified atom stereocenters. The first kappa shape index (κ1) is 7.82. The molecule has 1 radical (unpaired) electrons. The van der Waals surface area contributed by atoms with Crippen molar-refractivity contribution in [2.24, 2.45) is 0 Å². The summed E-state index contributed by atoms with van der Waals surface area (Å²) < 4.78 is 11.8. The number of hydrogen-bond acceptors (Lipinski definition) is 0. The summed E-state index contributed by atoms with van der Waals surface area (Å²) in [5, 5.41) is 1.99. The molecule has 0 N–H and O–H groups in total. The van der Waals surface area contributed by atoms with E-state index in [9.17, 15) is 4.39 Å². The average molecular weight is 169 g/mol. The minimum absolute atomic E-state index is 0.681. The lowest BCUT2D eigenvalue weighted by Gasteiger charge is -1.97. The monoisotopic (exact) mass is 169 g/mol.